The number of pyridine rings is 1. The zero-order chi connectivity index (χ0) is 20.5. The molecule has 0 spiro atoms. The first-order chi connectivity index (χ1) is 14.7. The molecule has 2 aromatic heterocycles. The Morgan fingerprint density at radius 3 is 2.70 bits per heavy atom. The Balaban J connectivity index is 1.49. The van der Waals surface area contributed by atoms with Crippen LogP contribution in [0.15, 0.2) is 66.9 Å². The molecule has 0 aliphatic carbocycles. The molecule has 7 nitrogen and oxygen atoms in total. The quantitative estimate of drug-likeness (QED) is 0.513. The number of ether oxygens (including phenoxy) is 2. The average Bonchev–Trinajstić information content (AvgIpc) is 3.38. The van der Waals surface area contributed by atoms with Crippen LogP contribution in [0.25, 0.3) is 11.0 Å². The van der Waals surface area contributed by atoms with E-state index < -0.39 is 0 Å². The van der Waals surface area contributed by atoms with Crippen LogP contribution in [0, 0.1) is 0 Å². The topological polar surface area (TPSA) is 69.5 Å². The second-order valence-corrected chi connectivity index (χ2v) is 7.14. The van der Waals surface area contributed by atoms with E-state index >= 15 is 0 Å². The predicted molar refractivity (Wildman–Crippen MR) is 111 cm³/mol. The Kier molecular flexibility index (Phi) is 4.55. The minimum Gasteiger partial charge on any atom is -0.454 e. The Bertz CT molecular complexity index is 1220. The minimum absolute atomic E-state index is 0.152. The predicted octanol–water partition coefficient (Wildman–Crippen LogP) is 3.54. The van der Waals surface area contributed by atoms with Gasteiger partial charge < -0.3 is 18.9 Å². The van der Waals surface area contributed by atoms with Crippen molar-refractivity contribution in [2.75, 3.05) is 6.79 Å². The first-order valence-corrected chi connectivity index (χ1v) is 9.68. The van der Waals surface area contributed by atoms with Gasteiger partial charge in [-0.3, -0.25) is 9.78 Å². The molecule has 0 saturated carbocycles. The van der Waals surface area contributed by atoms with Crippen molar-refractivity contribution >= 4 is 16.9 Å². The maximum Gasteiger partial charge on any atom is 0.273 e. The fraction of sp³-hybridized carbons (Fsp3) is 0.174. The number of carbonyl (C=O) groups is 1. The highest BCUT2D eigenvalue weighted by Crippen LogP contribution is 2.33. The van der Waals surface area contributed by atoms with Crippen molar-refractivity contribution in [1.82, 2.24) is 19.4 Å². The maximum absolute atomic E-state index is 13.3. The van der Waals surface area contributed by atoms with Gasteiger partial charge in [0.15, 0.2) is 11.5 Å². The molecule has 3 heterocycles. The van der Waals surface area contributed by atoms with E-state index in [1.165, 1.54) is 0 Å². The zero-order valence-corrected chi connectivity index (χ0v) is 16.5. The van der Waals surface area contributed by atoms with Gasteiger partial charge >= 0.3 is 0 Å². The summed E-state index contributed by atoms with van der Waals surface area (Å²) in [6.45, 7) is 0.972. The van der Waals surface area contributed by atoms with Gasteiger partial charge in [0.1, 0.15) is 11.5 Å². The van der Waals surface area contributed by atoms with Crippen LogP contribution >= 0.6 is 0 Å². The second kappa shape index (κ2) is 7.51. The molecule has 5 rings (SSSR count). The highest BCUT2D eigenvalue weighted by atomic mass is 16.7. The van der Waals surface area contributed by atoms with Gasteiger partial charge in [-0.1, -0.05) is 24.3 Å². The van der Waals surface area contributed by atoms with Gasteiger partial charge in [0, 0.05) is 19.8 Å². The monoisotopic (exact) mass is 400 g/mol. The van der Waals surface area contributed by atoms with Gasteiger partial charge in [-0.25, -0.2) is 4.98 Å². The SMILES string of the molecule is Cn1c(CN(Cc2ccc3c(c2)OCO3)C(=O)c2ccccn2)nc2ccccc21. The number of hydrogen-bond acceptors (Lipinski definition) is 5. The molecule has 1 amide bonds. The van der Waals surface area contributed by atoms with Crippen molar-refractivity contribution in [2.45, 2.75) is 13.1 Å². The molecule has 0 bridgehead atoms. The molecule has 1 aliphatic rings. The molecule has 4 aromatic rings. The number of aromatic nitrogens is 3. The van der Waals surface area contributed by atoms with E-state index in [4.69, 9.17) is 14.5 Å². The van der Waals surface area contributed by atoms with E-state index in [9.17, 15) is 4.79 Å². The average molecular weight is 400 g/mol. The normalized spacial score (nSPS) is 12.3. The highest BCUT2D eigenvalue weighted by molar-refractivity contribution is 5.92. The summed E-state index contributed by atoms with van der Waals surface area (Å²) < 4.78 is 12.9. The highest BCUT2D eigenvalue weighted by Gasteiger charge is 2.22. The Labute approximate surface area is 173 Å². The molecule has 0 radical (unpaired) electrons. The largest absolute Gasteiger partial charge is 0.454 e. The molecule has 0 N–H and O–H groups in total. The van der Waals surface area contributed by atoms with Crippen molar-refractivity contribution in [1.29, 1.82) is 0 Å². The van der Waals surface area contributed by atoms with Crippen molar-refractivity contribution in [2.24, 2.45) is 7.05 Å². The number of nitrogens with zero attached hydrogens (tertiary/aromatic N) is 4. The van der Waals surface area contributed by atoms with Gasteiger partial charge in [0.2, 0.25) is 6.79 Å². The molecule has 7 heteroatoms. The lowest BCUT2D eigenvalue weighted by Gasteiger charge is -2.22. The number of rotatable bonds is 5. The third-order valence-corrected chi connectivity index (χ3v) is 5.19. The lowest BCUT2D eigenvalue weighted by atomic mass is 10.1. The van der Waals surface area contributed by atoms with Crippen LogP contribution in [0.4, 0.5) is 0 Å². The molecule has 2 aromatic carbocycles. The number of hydrogen-bond donors (Lipinski definition) is 0. The molecular weight excluding hydrogens is 380 g/mol. The number of imidazole rings is 1. The lowest BCUT2D eigenvalue weighted by molar-refractivity contribution is 0.0718. The van der Waals surface area contributed by atoms with E-state index in [2.05, 4.69) is 4.98 Å². The summed E-state index contributed by atoms with van der Waals surface area (Å²) in [6, 6.07) is 19.0. The van der Waals surface area contributed by atoms with Crippen LogP contribution in [0.5, 0.6) is 11.5 Å². The smallest absolute Gasteiger partial charge is 0.273 e. The molecule has 0 saturated heterocycles. The van der Waals surface area contributed by atoms with Gasteiger partial charge in [0.25, 0.3) is 5.91 Å². The summed E-state index contributed by atoms with van der Waals surface area (Å²) >= 11 is 0. The third-order valence-electron chi connectivity index (χ3n) is 5.19. The molecule has 0 fully saturated rings. The Morgan fingerprint density at radius 1 is 1.03 bits per heavy atom. The number of para-hydroxylation sites is 2. The molecular formula is C23H20N4O3. The maximum atomic E-state index is 13.3. The first kappa shape index (κ1) is 18.2. The number of amides is 1. The number of fused-ring (bicyclic) bond motifs is 2. The zero-order valence-electron chi connectivity index (χ0n) is 16.5. The van der Waals surface area contributed by atoms with Crippen molar-refractivity contribution in [3.8, 4) is 11.5 Å². The summed E-state index contributed by atoms with van der Waals surface area (Å²) in [5.74, 6) is 2.07. The standard InChI is InChI=1S/C23H20N4O3/c1-26-19-8-3-2-6-17(19)25-22(26)14-27(23(28)18-7-4-5-11-24-18)13-16-9-10-20-21(12-16)30-15-29-20/h2-12H,13-15H2,1H3. The van der Waals surface area contributed by atoms with E-state index in [1.807, 2.05) is 60.1 Å². The van der Waals surface area contributed by atoms with Crippen molar-refractivity contribution < 1.29 is 14.3 Å². The van der Waals surface area contributed by atoms with Gasteiger partial charge in [-0.05, 0) is 42.0 Å². The molecule has 30 heavy (non-hydrogen) atoms. The summed E-state index contributed by atoms with van der Waals surface area (Å²) in [7, 11) is 1.97. The van der Waals surface area contributed by atoms with Crippen LogP contribution in [0.1, 0.15) is 21.9 Å². The minimum atomic E-state index is -0.152. The lowest BCUT2D eigenvalue weighted by Crippen LogP contribution is -2.31. The summed E-state index contributed by atoms with van der Waals surface area (Å²) in [5, 5.41) is 0. The van der Waals surface area contributed by atoms with Crippen molar-refractivity contribution in [3.05, 3.63) is 83.9 Å². The summed E-state index contributed by atoms with van der Waals surface area (Å²) in [6.07, 6.45) is 1.63. The molecule has 0 unspecified atom stereocenters. The fourth-order valence-electron chi connectivity index (χ4n) is 3.62. The molecule has 1 aliphatic heterocycles. The van der Waals surface area contributed by atoms with Crippen LogP contribution in [0.2, 0.25) is 0 Å². The Morgan fingerprint density at radius 2 is 1.87 bits per heavy atom. The third kappa shape index (κ3) is 3.34. The number of aryl methyl sites for hydroxylation is 1. The van der Waals surface area contributed by atoms with E-state index in [0.29, 0.717) is 24.5 Å². The fourth-order valence-corrected chi connectivity index (χ4v) is 3.62. The number of benzene rings is 2. The van der Waals surface area contributed by atoms with E-state index in [-0.39, 0.29) is 12.7 Å². The second-order valence-electron chi connectivity index (χ2n) is 7.14. The van der Waals surface area contributed by atoms with Crippen LogP contribution in [0.3, 0.4) is 0 Å². The van der Waals surface area contributed by atoms with Crippen LogP contribution in [-0.2, 0) is 20.1 Å². The van der Waals surface area contributed by atoms with Gasteiger partial charge in [0.05, 0.1) is 17.6 Å². The van der Waals surface area contributed by atoms with Crippen LogP contribution in [-0.4, -0.2) is 32.1 Å². The molecule has 150 valence electrons. The van der Waals surface area contributed by atoms with Crippen molar-refractivity contribution in [3.63, 3.8) is 0 Å². The summed E-state index contributed by atoms with van der Waals surface area (Å²) in [4.78, 5) is 24.0. The van der Waals surface area contributed by atoms with Crippen LogP contribution < -0.4 is 9.47 Å². The molecule has 0 atom stereocenters. The Hall–Kier alpha value is -3.87. The number of carbonyl (C=O) groups excluding carboxylic acids is 1. The van der Waals surface area contributed by atoms with Gasteiger partial charge in [-0.2, -0.15) is 0 Å². The first-order valence-electron chi connectivity index (χ1n) is 9.68. The van der Waals surface area contributed by atoms with Gasteiger partial charge in [-0.15, -0.1) is 0 Å². The summed E-state index contributed by atoms with van der Waals surface area (Å²) in [5.41, 5.74) is 3.28. The van der Waals surface area contributed by atoms with E-state index in [0.717, 1.165) is 28.2 Å². The van der Waals surface area contributed by atoms with E-state index in [1.54, 1.807) is 23.2 Å².